The van der Waals surface area contributed by atoms with Crippen LogP contribution >= 0.6 is 23.2 Å². The third-order valence-electron chi connectivity index (χ3n) is 4.80. The zero-order chi connectivity index (χ0) is 24.6. The number of aryl methyl sites for hydroxylation is 2. The van der Waals surface area contributed by atoms with E-state index >= 15 is 0 Å². The highest BCUT2D eigenvalue weighted by Crippen LogP contribution is 2.31. The standard InChI is InChI=1S/C22H17Cl2N5O4S/c1-12-9-13(2)11-15(10-12)29-21(30)19(24)20(22(29)31)25-14-3-5-16(6-4-14)34(32,33)28-18-8-7-17(23)26-27-18/h3-11,25H,1-2H3,(H,27,28). The predicted octanol–water partition coefficient (Wildman–Crippen LogP) is 3.98. The average molecular weight is 518 g/mol. The molecule has 4 rings (SSSR count). The number of nitrogens with zero attached hydrogens (tertiary/aromatic N) is 3. The number of rotatable bonds is 6. The highest BCUT2D eigenvalue weighted by atomic mass is 35.5. The molecule has 0 atom stereocenters. The molecular weight excluding hydrogens is 501 g/mol. The molecule has 34 heavy (non-hydrogen) atoms. The molecule has 9 nitrogen and oxygen atoms in total. The van der Waals surface area contributed by atoms with Crippen LogP contribution in [0.25, 0.3) is 0 Å². The summed E-state index contributed by atoms with van der Waals surface area (Å²) in [5, 5.41) is 9.93. The van der Waals surface area contributed by atoms with Crippen LogP contribution in [0.3, 0.4) is 0 Å². The summed E-state index contributed by atoms with van der Waals surface area (Å²) in [4.78, 5) is 26.6. The van der Waals surface area contributed by atoms with Crippen LogP contribution in [0.4, 0.5) is 17.2 Å². The Morgan fingerprint density at radius 2 is 1.50 bits per heavy atom. The fourth-order valence-corrected chi connectivity index (χ4v) is 4.66. The summed E-state index contributed by atoms with van der Waals surface area (Å²) in [6.07, 6.45) is 0. The van der Waals surface area contributed by atoms with Crippen LogP contribution < -0.4 is 14.9 Å². The first kappa shape index (κ1) is 23.7. The van der Waals surface area contributed by atoms with Gasteiger partial charge in [0, 0.05) is 5.69 Å². The minimum Gasteiger partial charge on any atom is -0.350 e. The number of aromatic nitrogens is 2. The fourth-order valence-electron chi connectivity index (χ4n) is 3.35. The van der Waals surface area contributed by atoms with E-state index in [1.807, 2.05) is 19.9 Å². The van der Waals surface area contributed by atoms with Crippen molar-refractivity contribution in [3.63, 3.8) is 0 Å². The Morgan fingerprint density at radius 1 is 0.853 bits per heavy atom. The van der Waals surface area contributed by atoms with Crippen LogP contribution in [0.5, 0.6) is 0 Å². The van der Waals surface area contributed by atoms with Crippen LogP contribution in [-0.2, 0) is 19.6 Å². The lowest BCUT2D eigenvalue weighted by Crippen LogP contribution is -2.32. The zero-order valence-corrected chi connectivity index (χ0v) is 20.2. The van der Waals surface area contributed by atoms with Crippen molar-refractivity contribution in [1.82, 2.24) is 10.2 Å². The molecule has 12 heteroatoms. The molecule has 0 saturated carbocycles. The number of nitrogens with one attached hydrogen (secondary N) is 2. The first-order chi connectivity index (χ1) is 16.0. The van der Waals surface area contributed by atoms with Gasteiger partial charge >= 0.3 is 0 Å². The van der Waals surface area contributed by atoms with Gasteiger partial charge < -0.3 is 5.32 Å². The second-order valence-electron chi connectivity index (χ2n) is 7.48. The number of halogens is 2. The van der Waals surface area contributed by atoms with E-state index in [0.717, 1.165) is 16.0 Å². The maximum atomic E-state index is 13.0. The molecule has 0 radical (unpaired) electrons. The topological polar surface area (TPSA) is 121 Å². The van der Waals surface area contributed by atoms with Gasteiger partial charge in [-0.2, -0.15) is 0 Å². The van der Waals surface area contributed by atoms with Crippen LogP contribution in [0.15, 0.2) is 70.2 Å². The van der Waals surface area contributed by atoms with Crippen molar-refractivity contribution in [3.8, 4) is 0 Å². The Bertz CT molecular complexity index is 1420. The lowest BCUT2D eigenvalue weighted by atomic mass is 10.1. The molecule has 2 N–H and O–H groups in total. The summed E-state index contributed by atoms with van der Waals surface area (Å²) in [5.74, 6) is -1.25. The summed E-state index contributed by atoms with van der Waals surface area (Å²) < 4.78 is 27.4. The van der Waals surface area contributed by atoms with Crippen LogP contribution in [0.2, 0.25) is 5.15 Å². The van der Waals surface area contributed by atoms with Gasteiger partial charge in [0.2, 0.25) is 0 Å². The summed E-state index contributed by atoms with van der Waals surface area (Å²) in [6, 6.07) is 13.7. The van der Waals surface area contributed by atoms with Crippen molar-refractivity contribution in [3.05, 3.63) is 81.6 Å². The molecule has 2 heterocycles. The first-order valence-corrected chi connectivity index (χ1v) is 12.0. The largest absolute Gasteiger partial charge is 0.350 e. The maximum absolute atomic E-state index is 13.0. The van der Waals surface area contributed by atoms with Crippen LogP contribution in [0, 0.1) is 13.8 Å². The molecular formula is C22H17Cl2N5O4S. The number of hydrogen-bond donors (Lipinski definition) is 2. The maximum Gasteiger partial charge on any atom is 0.283 e. The molecule has 1 aromatic heterocycles. The van der Waals surface area contributed by atoms with E-state index in [9.17, 15) is 18.0 Å². The van der Waals surface area contributed by atoms with E-state index in [4.69, 9.17) is 23.2 Å². The van der Waals surface area contributed by atoms with E-state index in [1.54, 1.807) is 12.1 Å². The molecule has 1 aliphatic rings. The molecule has 174 valence electrons. The quantitative estimate of drug-likeness (QED) is 0.474. The van der Waals surface area contributed by atoms with Gasteiger partial charge in [-0.15, -0.1) is 10.2 Å². The van der Waals surface area contributed by atoms with Gasteiger partial charge in [-0.3, -0.25) is 14.3 Å². The summed E-state index contributed by atoms with van der Waals surface area (Å²) in [7, 11) is -3.94. The van der Waals surface area contributed by atoms with Gasteiger partial charge in [0.05, 0.1) is 10.6 Å². The fraction of sp³-hybridized carbons (Fsp3) is 0.0909. The Morgan fingerprint density at radius 3 is 2.09 bits per heavy atom. The molecule has 2 aromatic carbocycles. The minimum atomic E-state index is -3.94. The van der Waals surface area contributed by atoms with Crippen LogP contribution in [0.1, 0.15) is 11.1 Å². The number of benzene rings is 2. The number of amides is 2. The Hall–Kier alpha value is -3.47. The molecule has 2 amide bonds. The smallest absolute Gasteiger partial charge is 0.283 e. The number of carbonyl (C=O) groups is 2. The molecule has 0 spiro atoms. The second kappa shape index (κ2) is 9.05. The molecule has 0 fully saturated rings. The van der Waals surface area contributed by atoms with Crippen molar-refractivity contribution in [2.75, 3.05) is 14.9 Å². The lowest BCUT2D eigenvalue weighted by molar-refractivity contribution is -0.120. The van der Waals surface area contributed by atoms with E-state index in [0.29, 0.717) is 11.4 Å². The normalized spacial score (nSPS) is 14.1. The zero-order valence-electron chi connectivity index (χ0n) is 17.8. The Balaban J connectivity index is 1.53. The number of sulfonamides is 1. The van der Waals surface area contributed by atoms with Gasteiger partial charge in [-0.25, -0.2) is 13.3 Å². The predicted molar refractivity (Wildman–Crippen MR) is 129 cm³/mol. The molecule has 0 unspecified atom stereocenters. The highest BCUT2D eigenvalue weighted by molar-refractivity contribution is 7.92. The number of hydrogen-bond acceptors (Lipinski definition) is 7. The Labute approximate surface area is 205 Å². The van der Waals surface area contributed by atoms with Crippen molar-refractivity contribution in [2.24, 2.45) is 0 Å². The molecule has 0 saturated heterocycles. The van der Waals surface area contributed by atoms with Gasteiger partial charge in [-0.1, -0.05) is 29.3 Å². The van der Waals surface area contributed by atoms with Crippen molar-refractivity contribution in [2.45, 2.75) is 18.7 Å². The number of anilines is 3. The third-order valence-corrected chi connectivity index (χ3v) is 6.72. The Kier molecular flexibility index (Phi) is 6.30. The summed E-state index contributed by atoms with van der Waals surface area (Å²) >= 11 is 11.8. The van der Waals surface area contributed by atoms with E-state index in [2.05, 4.69) is 20.2 Å². The van der Waals surface area contributed by atoms with E-state index in [-0.39, 0.29) is 26.6 Å². The minimum absolute atomic E-state index is 0.00470. The number of imide groups is 1. The van der Waals surface area contributed by atoms with Gasteiger partial charge in [0.15, 0.2) is 11.0 Å². The van der Waals surface area contributed by atoms with Gasteiger partial charge in [0.1, 0.15) is 10.7 Å². The molecule has 0 aliphatic carbocycles. The molecule has 3 aromatic rings. The van der Waals surface area contributed by atoms with Crippen LogP contribution in [-0.4, -0.2) is 30.4 Å². The second-order valence-corrected chi connectivity index (χ2v) is 9.92. The highest BCUT2D eigenvalue weighted by Gasteiger charge is 2.39. The lowest BCUT2D eigenvalue weighted by Gasteiger charge is -2.16. The van der Waals surface area contributed by atoms with Crippen molar-refractivity contribution in [1.29, 1.82) is 0 Å². The van der Waals surface area contributed by atoms with Gasteiger partial charge in [-0.05, 0) is 73.5 Å². The van der Waals surface area contributed by atoms with Crippen molar-refractivity contribution < 1.29 is 18.0 Å². The number of carbonyl (C=O) groups excluding carboxylic acids is 2. The third kappa shape index (κ3) is 4.74. The monoisotopic (exact) mass is 517 g/mol. The first-order valence-electron chi connectivity index (χ1n) is 9.81. The molecule has 0 bridgehead atoms. The summed E-state index contributed by atoms with van der Waals surface area (Å²) in [5.41, 5.74) is 2.46. The summed E-state index contributed by atoms with van der Waals surface area (Å²) in [6.45, 7) is 3.72. The van der Waals surface area contributed by atoms with Gasteiger partial charge in [0.25, 0.3) is 21.8 Å². The SMILES string of the molecule is Cc1cc(C)cc(N2C(=O)C(Cl)=C(Nc3ccc(S(=O)(=O)Nc4ccc(Cl)nn4)cc3)C2=O)c1. The molecule has 1 aliphatic heterocycles. The van der Waals surface area contributed by atoms with E-state index < -0.39 is 21.8 Å². The van der Waals surface area contributed by atoms with E-state index in [1.165, 1.54) is 36.4 Å². The van der Waals surface area contributed by atoms with Crippen molar-refractivity contribution >= 4 is 62.2 Å². The average Bonchev–Trinajstić information content (AvgIpc) is 2.98.